The van der Waals surface area contributed by atoms with Gasteiger partial charge in [-0.15, -0.1) is 5.10 Å². The molecule has 9 heteroatoms. The molecule has 0 fully saturated rings. The second-order valence-corrected chi connectivity index (χ2v) is 7.87. The summed E-state index contributed by atoms with van der Waals surface area (Å²) in [5.41, 5.74) is 5.48. The lowest BCUT2D eigenvalue weighted by molar-refractivity contribution is -0.117. The van der Waals surface area contributed by atoms with E-state index in [1.807, 2.05) is 12.1 Å². The number of amides is 1. The number of aromatic nitrogens is 5. The van der Waals surface area contributed by atoms with Gasteiger partial charge in [0.05, 0.1) is 12.8 Å². The predicted octanol–water partition coefficient (Wildman–Crippen LogP) is 3.07. The summed E-state index contributed by atoms with van der Waals surface area (Å²) in [5.74, 6) is 0.334. The van der Waals surface area contributed by atoms with Gasteiger partial charge in [0.1, 0.15) is 17.8 Å². The number of anilines is 1. The van der Waals surface area contributed by atoms with Gasteiger partial charge >= 0.3 is 5.69 Å². The molecule has 0 atom stereocenters. The summed E-state index contributed by atoms with van der Waals surface area (Å²) in [5, 5.41) is 11.8. The zero-order valence-electron chi connectivity index (χ0n) is 18.4. The van der Waals surface area contributed by atoms with Gasteiger partial charge in [-0.05, 0) is 61.4 Å². The monoisotopic (exact) mass is 442 g/mol. The fourth-order valence-electron chi connectivity index (χ4n) is 3.69. The van der Waals surface area contributed by atoms with E-state index in [0.29, 0.717) is 22.6 Å². The van der Waals surface area contributed by atoms with E-state index in [1.165, 1.54) is 15.5 Å². The van der Waals surface area contributed by atoms with Gasteiger partial charge in [-0.2, -0.15) is 5.10 Å². The van der Waals surface area contributed by atoms with Crippen LogP contribution in [-0.4, -0.2) is 36.8 Å². The first-order valence-corrected chi connectivity index (χ1v) is 10.4. The fourth-order valence-corrected chi connectivity index (χ4v) is 3.69. The Morgan fingerprint density at radius 1 is 1.00 bits per heavy atom. The van der Waals surface area contributed by atoms with E-state index in [9.17, 15) is 9.59 Å². The second kappa shape index (κ2) is 7.94. The molecule has 0 saturated heterocycles. The number of hydrogen-bond donors (Lipinski definition) is 1. The summed E-state index contributed by atoms with van der Waals surface area (Å²) < 4.78 is 9.37. The van der Waals surface area contributed by atoms with Crippen molar-refractivity contribution >= 4 is 22.8 Å². The molecule has 9 nitrogen and oxygen atoms in total. The lowest BCUT2D eigenvalue weighted by Crippen LogP contribution is -2.28. The Hall–Kier alpha value is -4.40. The molecule has 3 heterocycles. The quantitative estimate of drug-likeness (QED) is 0.451. The van der Waals surface area contributed by atoms with Crippen LogP contribution in [0.2, 0.25) is 0 Å². The number of carbonyl (C=O) groups excluding carboxylic acids is 1. The molecule has 5 rings (SSSR count). The van der Waals surface area contributed by atoms with E-state index in [1.54, 1.807) is 48.3 Å². The van der Waals surface area contributed by atoms with Crippen molar-refractivity contribution in [1.82, 2.24) is 23.8 Å². The highest BCUT2D eigenvalue weighted by molar-refractivity contribution is 5.90. The average molecular weight is 442 g/mol. The number of hydrogen-bond acceptors (Lipinski definition) is 5. The first-order chi connectivity index (χ1) is 15.9. The van der Waals surface area contributed by atoms with Gasteiger partial charge in [-0.1, -0.05) is 12.1 Å². The van der Waals surface area contributed by atoms with Crippen LogP contribution in [0.5, 0.6) is 5.75 Å². The number of benzene rings is 2. The second-order valence-electron chi connectivity index (χ2n) is 7.87. The molecule has 166 valence electrons. The molecule has 1 N–H and O–H groups in total. The summed E-state index contributed by atoms with van der Waals surface area (Å²) in [4.78, 5) is 25.3. The summed E-state index contributed by atoms with van der Waals surface area (Å²) >= 11 is 0. The maximum Gasteiger partial charge on any atom is 0.350 e. The number of nitrogens with one attached hydrogen (secondary N) is 1. The zero-order valence-corrected chi connectivity index (χ0v) is 18.4. The molecule has 0 aliphatic rings. The van der Waals surface area contributed by atoms with Crippen LogP contribution in [0, 0.1) is 13.8 Å². The van der Waals surface area contributed by atoms with E-state index in [2.05, 4.69) is 41.5 Å². The van der Waals surface area contributed by atoms with Crippen molar-refractivity contribution in [2.75, 3.05) is 12.4 Å². The molecule has 0 unspecified atom stereocenters. The van der Waals surface area contributed by atoms with Crippen LogP contribution < -0.4 is 15.7 Å². The van der Waals surface area contributed by atoms with Gasteiger partial charge in [0.2, 0.25) is 5.91 Å². The van der Waals surface area contributed by atoms with Crippen molar-refractivity contribution in [1.29, 1.82) is 0 Å². The standard InChI is InChI=1S/C24H22N6O3/c1-15-4-5-17(12-16(15)2)20-13-21-23-27-30(24(32)28(23)10-11-29(21)26-20)14-22(31)25-18-6-8-19(33-3)9-7-18/h4-13H,14H2,1-3H3,(H,25,31). The fraction of sp³-hybridized carbons (Fsp3) is 0.167. The molecule has 5 aromatic rings. The molecule has 0 spiro atoms. The Bertz CT molecular complexity index is 1560. The molecular weight excluding hydrogens is 420 g/mol. The van der Waals surface area contributed by atoms with Crippen LogP contribution in [0.15, 0.2) is 65.7 Å². The first-order valence-electron chi connectivity index (χ1n) is 10.4. The van der Waals surface area contributed by atoms with E-state index >= 15 is 0 Å². The van der Waals surface area contributed by atoms with Gasteiger partial charge in [0, 0.05) is 23.6 Å². The predicted molar refractivity (Wildman–Crippen MR) is 125 cm³/mol. The van der Waals surface area contributed by atoms with Crippen LogP contribution >= 0.6 is 0 Å². The summed E-state index contributed by atoms with van der Waals surface area (Å²) in [6.07, 6.45) is 3.31. The number of aryl methyl sites for hydroxylation is 2. The van der Waals surface area contributed by atoms with E-state index < -0.39 is 5.69 Å². The van der Waals surface area contributed by atoms with E-state index in [4.69, 9.17) is 4.74 Å². The highest BCUT2D eigenvalue weighted by atomic mass is 16.5. The van der Waals surface area contributed by atoms with Crippen molar-refractivity contribution in [3.63, 3.8) is 0 Å². The van der Waals surface area contributed by atoms with Crippen molar-refractivity contribution in [2.24, 2.45) is 0 Å². The molecule has 0 saturated carbocycles. The maximum absolute atomic E-state index is 12.8. The van der Waals surface area contributed by atoms with Gasteiger partial charge in [0.25, 0.3) is 0 Å². The summed E-state index contributed by atoms with van der Waals surface area (Å²) in [7, 11) is 1.58. The highest BCUT2D eigenvalue weighted by Crippen LogP contribution is 2.23. The minimum absolute atomic E-state index is 0.211. The van der Waals surface area contributed by atoms with Crippen LogP contribution in [0.1, 0.15) is 11.1 Å². The molecule has 0 aliphatic heterocycles. The third kappa shape index (κ3) is 3.73. The van der Waals surface area contributed by atoms with Crippen molar-refractivity contribution < 1.29 is 9.53 Å². The molecule has 33 heavy (non-hydrogen) atoms. The highest BCUT2D eigenvalue weighted by Gasteiger charge is 2.15. The minimum atomic E-state index is -0.397. The van der Waals surface area contributed by atoms with Gasteiger partial charge < -0.3 is 10.1 Å². The zero-order chi connectivity index (χ0) is 23.1. The molecule has 0 aliphatic carbocycles. The average Bonchev–Trinajstić information content (AvgIpc) is 3.38. The Morgan fingerprint density at radius 3 is 2.52 bits per heavy atom. The van der Waals surface area contributed by atoms with Crippen molar-refractivity contribution in [3.8, 4) is 17.0 Å². The third-order valence-corrected chi connectivity index (χ3v) is 5.66. The van der Waals surface area contributed by atoms with Crippen LogP contribution in [0.4, 0.5) is 5.69 Å². The Balaban J connectivity index is 1.46. The number of fused-ring (bicyclic) bond motifs is 3. The maximum atomic E-state index is 12.8. The molecule has 2 aromatic carbocycles. The molecule has 0 radical (unpaired) electrons. The summed E-state index contributed by atoms with van der Waals surface area (Å²) in [6, 6.07) is 15.0. The number of nitrogens with zero attached hydrogens (tertiary/aromatic N) is 5. The topological polar surface area (TPSA) is 94.9 Å². The number of methoxy groups -OCH3 is 1. The van der Waals surface area contributed by atoms with Crippen LogP contribution in [-0.2, 0) is 11.3 Å². The normalized spacial score (nSPS) is 11.2. The van der Waals surface area contributed by atoms with Gasteiger partial charge in [-0.25, -0.2) is 18.4 Å². The molecule has 3 aromatic heterocycles. The minimum Gasteiger partial charge on any atom is -0.497 e. The summed E-state index contributed by atoms with van der Waals surface area (Å²) in [6.45, 7) is 3.91. The van der Waals surface area contributed by atoms with Gasteiger partial charge in [-0.3, -0.25) is 4.79 Å². The number of ether oxygens (including phenoxy) is 1. The molecule has 0 bridgehead atoms. The molecule has 1 amide bonds. The third-order valence-electron chi connectivity index (χ3n) is 5.66. The number of rotatable bonds is 5. The van der Waals surface area contributed by atoms with E-state index in [-0.39, 0.29) is 12.5 Å². The van der Waals surface area contributed by atoms with Crippen molar-refractivity contribution in [3.05, 3.63) is 82.5 Å². The molecular formula is C24H22N6O3. The Kier molecular flexibility index (Phi) is 4.93. The Morgan fingerprint density at radius 2 is 1.79 bits per heavy atom. The SMILES string of the molecule is COc1ccc(NC(=O)Cn2nc3c4cc(-c5ccc(C)c(C)c5)nn4ccn3c2=O)cc1. The lowest BCUT2D eigenvalue weighted by atomic mass is 10.0. The van der Waals surface area contributed by atoms with Crippen molar-refractivity contribution in [2.45, 2.75) is 20.4 Å². The Labute approximate surface area is 188 Å². The number of carbonyl (C=O) groups is 1. The smallest absolute Gasteiger partial charge is 0.350 e. The van der Waals surface area contributed by atoms with E-state index in [0.717, 1.165) is 15.9 Å². The van der Waals surface area contributed by atoms with Crippen LogP contribution in [0.3, 0.4) is 0 Å². The van der Waals surface area contributed by atoms with Crippen LogP contribution in [0.25, 0.3) is 22.4 Å². The lowest BCUT2D eigenvalue weighted by Gasteiger charge is -2.05. The largest absolute Gasteiger partial charge is 0.497 e. The van der Waals surface area contributed by atoms with Gasteiger partial charge in [0.15, 0.2) is 5.65 Å². The first kappa shape index (κ1) is 20.5.